The van der Waals surface area contributed by atoms with Crippen LogP contribution in [0, 0.1) is 13.8 Å². The predicted molar refractivity (Wildman–Crippen MR) is 72.8 cm³/mol. The maximum Gasteiger partial charge on any atom is 0.136 e. The number of hydrogen-bond acceptors (Lipinski definition) is 2. The van der Waals surface area contributed by atoms with Gasteiger partial charge in [0, 0.05) is 42.0 Å². The molecule has 18 heavy (non-hydrogen) atoms. The number of aryl methyl sites for hydroxylation is 2. The van der Waals surface area contributed by atoms with Gasteiger partial charge in [-0.15, -0.1) is 0 Å². The Morgan fingerprint density at radius 2 is 2.11 bits per heavy atom. The fourth-order valence-electron chi connectivity index (χ4n) is 2.72. The topological polar surface area (TPSA) is 44.9 Å². The second-order valence-corrected chi connectivity index (χ2v) is 5.18. The summed E-state index contributed by atoms with van der Waals surface area (Å²) >= 11 is 0. The van der Waals surface area contributed by atoms with E-state index in [1.807, 2.05) is 0 Å². The summed E-state index contributed by atoms with van der Waals surface area (Å²) in [6.45, 7) is 5.03. The van der Waals surface area contributed by atoms with E-state index >= 15 is 0 Å². The Kier molecular flexibility index (Phi) is 2.71. The van der Waals surface area contributed by atoms with Gasteiger partial charge in [0.2, 0.25) is 0 Å². The highest BCUT2D eigenvalue weighted by Crippen LogP contribution is 2.27. The van der Waals surface area contributed by atoms with Crippen molar-refractivity contribution in [2.24, 2.45) is 0 Å². The molecule has 1 aromatic heterocycles. The van der Waals surface area contributed by atoms with Gasteiger partial charge in [-0.1, -0.05) is 6.07 Å². The largest absolute Gasteiger partial charge is 0.358 e. The number of benzene rings is 1. The number of ketones is 1. The summed E-state index contributed by atoms with van der Waals surface area (Å²) in [6, 6.07) is 6.63. The molecule has 3 nitrogen and oxygen atoms in total. The van der Waals surface area contributed by atoms with Gasteiger partial charge in [-0.3, -0.25) is 4.79 Å². The van der Waals surface area contributed by atoms with Crippen molar-refractivity contribution in [1.82, 2.24) is 10.3 Å². The van der Waals surface area contributed by atoms with Crippen molar-refractivity contribution in [3.05, 3.63) is 35.0 Å². The van der Waals surface area contributed by atoms with Crippen molar-refractivity contribution < 1.29 is 4.79 Å². The Balaban J connectivity index is 2.02. The molecule has 1 atom stereocenters. The number of fused-ring (bicyclic) bond motifs is 1. The molecule has 0 bridgehead atoms. The first kappa shape index (κ1) is 11.5. The second kappa shape index (κ2) is 4.25. The molecule has 1 saturated heterocycles. The highest BCUT2D eigenvalue weighted by atomic mass is 16.1. The van der Waals surface area contributed by atoms with Gasteiger partial charge in [0.25, 0.3) is 0 Å². The summed E-state index contributed by atoms with van der Waals surface area (Å²) in [4.78, 5) is 14.9. The molecule has 0 spiro atoms. The Morgan fingerprint density at radius 3 is 2.89 bits per heavy atom. The lowest BCUT2D eigenvalue weighted by atomic mass is 9.95. The van der Waals surface area contributed by atoms with Crippen molar-refractivity contribution in [2.45, 2.75) is 32.7 Å². The molecule has 2 N–H and O–H groups in total. The van der Waals surface area contributed by atoms with Gasteiger partial charge >= 0.3 is 0 Å². The normalized spacial score (nSPS) is 20.6. The second-order valence-electron chi connectivity index (χ2n) is 5.18. The van der Waals surface area contributed by atoms with Gasteiger partial charge in [-0.25, -0.2) is 0 Å². The summed E-state index contributed by atoms with van der Waals surface area (Å²) in [5, 5.41) is 4.69. The van der Waals surface area contributed by atoms with Crippen LogP contribution >= 0.6 is 0 Å². The highest BCUT2D eigenvalue weighted by Gasteiger charge is 2.20. The Morgan fingerprint density at radius 1 is 1.28 bits per heavy atom. The lowest BCUT2D eigenvalue weighted by Crippen LogP contribution is -2.31. The number of rotatable bonds is 1. The lowest BCUT2D eigenvalue weighted by Gasteiger charge is -2.23. The van der Waals surface area contributed by atoms with Crippen LogP contribution in [0.2, 0.25) is 0 Å². The number of piperidine rings is 1. The summed E-state index contributed by atoms with van der Waals surface area (Å²) in [5.41, 5.74) is 4.91. The molecule has 0 amide bonds. The van der Waals surface area contributed by atoms with Crippen molar-refractivity contribution >= 4 is 16.7 Å². The van der Waals surface area contributed by atoms with E-state index in [0.29, 0.717) is 18.6 Å². The smallest absolute Gasteiger partial charge is 0.136 e. The SMILES string of the molecule is Cc1[nH]c2ccc(C3CC(=O)CCN3)cc2c1C. The van der Waals surface area contributed by atoms with Crippen LogP contribution in [-0.2, 0) is 4.79 Å². The molecular formula is C15H18N2O. The molecule has 3 heteroatoms. The monoisotopic (exact) mass is 242 g/mol. The quantitative estimate of drug-likeness (QED) is 0.807. The number of aromatic nitrogens is 1. The zero-order valence-corrected chi connectivity index (χ0v) is 10.8. The van der Waals surface area contributed by atoms with Gasteiger partial charge in [0.1, 0.15) is 5.78 Å². The summed E-state index contributed by atoms with van der Waals surface area (Å²) in [7, 11) is 0. The molecule has 0 aliphatic carbocycles. The van der Waals surface area contributed by atoms with Crippen molar-refractivity contribution in [2.75, 3.05) is 6.54 Å². The minimum absolute atomic E-state index is 0.185. The molecule has 2 heterocycles. The number of Topliss-reactive ketones (excluding diaryl/α,β-unsaturated/α-hetero) is 1. The molecule has 0 saturated carbocycles. The Hall–Kier alpha value is -1.61. The first-order valence-electron chi connectivity index (χ1n) is 6.49. The van der Waals surface area contributed by atoms with Crippen LogP contribution in [0.5, 0.6) is 0 Å². The summed E-state index contributed by atoms with van der Waals surface area (Å²) in [5.74, 6) is 0.362. The molecule has 1 fully saturated rings. The third-order valence-corrected chi connectivity index (χ3v) is 3.96. The number of carbonyl (C=O) groups is 1. The van der Waals surface area contributed by atoms with Crippen LogP contribution in [-0.4, -0.2) is 17.3 Å². The summed E-state index contributed by atoms with van der Waals surface area (Å²) in [6.07, 6.45) is 1.29. The zero-order valence-electron chi connectivity index (χ0n) is 10.8. The van der Waals surface area contributed by atoms with Gasteiger partial charge in [-0.2, -0.15) is 0 Å². The molecule has 3 rings (SSSR count). The van der Waals surface area contributed by atoms with Crippen LogP contribution in [0.1, 0.15) is 35.7 Å². The third-order valence-electron chi connectivity index (χ3n) is 3.96. The van der Waals surface area contributed by atoms with Crippen LogP contribution < -0.4 is 5.32 Å². The van der Waals surface area contributed by atoms with E-state index < -0.39 is 0 Å². The molecule has 1 unspecified atom stereocenters. The van der Waals surface area contributed by atoms with E-state index in [0.717, 1.165) is 6.54 Å². The maximum absolute atomic E-state index is 11.5. The van der Waals surface area contributed by atoms with E-state index in [-0.39, 0.29) is 6.04 Å². The number of nitrogens with one attached hydrogen (secondary N) is 2. The zero-order chi connectivity index (χ0) is 12.7. The highest BCUT2D eigenvalue weighted by molar-refractivity contribution is 5.85. The van der Waals surface area contributed by atoms with Crippen LogP contribution in [0.25, 0.3) is 10.9 Å². The van der Waals surface area contributed by atoms with E-state index in [4.69, 9.17) is 0 Å². The van der Waals surface area contributed by atoms with Gasteiger partial charge in [0.15, 0.2) is 0 Å². The number of H-pyrrole nitrogens is 1. The van der Waals surface area contributed by atoms with Gasteiger partial charge in [-0.05, 0) is 37.1 Å². The third kappa shape index (κ3) is 1.85. The van der Waals surface area contributed by atoms with Crippen LogP contribution in [0.3, 0.4) is 0 Å². The molecule has 0 radical (unpaired) electrons. The molecule has 94 valence electrons. The van der Waals surface area contributed by atoms with E-state index in [9.17, 15) is 4.79 Å². The Labute approximate surface area is 107 Å². The number of hydrogen-bond donors (Lipinski definition) is 2. The number of carbonyl (C=O) groups excluding carboxylic acids is 1. The first-order chi connectivity index (χ1) is 8.65. The fourth-order valence-corrected chi connectivity index (χ4v) is 2.72. The van der Waals surface area contributed by atoms with Crippen LogP contribution in [0.4, 0.5) is 0 Å². The van der Waals surface area contributed by atoms with Crippen LogP contribution in [0.15, 0.2) is 18.2 Å². The van der Waals surface area contributed by atoms with Gasteiger partial charge in [0.05, 0.1) is 0 Å². The van der Waals surface area contributed by atoms with Crippen molar-refractivity contribution in [3.8, 4) is 0 Å². The number of aromatic amines is 1. The minimum Gasteiger partial charge on any atom is -0.358 e. The summed E-state index contributed by atoms with van der Waals surface area (Å²) < 4.78 is 0. The molecule has 2 aromatic rings. The Bertz CT molecular complexity index is 612. The molecule has 1 aliphatic rings. The minimum atomic E-state index is 0.185. The first-order valence-corrected chi connectivity index (χ1v) is 6.49. The van der Waals surface area contributed by atoms with E-state index in [1.165, 1.54) is 27.7 Å². The van der Waals surface area contributed by atoms with Crippen molar-refractivity contribution in [3.63, 3.8) is 0 Å². The molecule has 1 aromatic carbocycles. The standard InChI is InChI=1S/C15H18N2O/c1-9-10(2)17-14-4-3-11(7-13(9)14)15-8-12(18)5-6-16-15/h3-4,7,15-17H,5-6,8H2,1-2H3. The molecular weight excluding hydrogens is 224 g/mol. The maximum atomic E-state index is 11.5. The predicted octanol–water partition coefficient (Wildman–Crippen LogP) is 2.78. The van der Waals surface area contributed by atoms with E-state index in [2.05, 4.69) is 42.3 Å². The lowest BCUT2D eigenvalue weighted by molar-refractivity contribution is -0.120. The average molecular weight is 242 g/mol. The van der Waals surface area contributed by atoms with Gasteiger partial charge < -0.3 is 10.3 Å². The fraction of sp³-hybridized carbons (Fsp3) is 0.400. The average Bonchev–Trinajstić information content (AvgIpc) is 2.65. The molecule has 1 aliphatic heterocycles. The van der Waals surface area contributed by atoms with E-state index in [1.54, 1.807) is 0 Å². The van der Waals surface area contributed by atoms with Crippen molar-refractivity contribution in [1.29, 1.82) is 0 Å².